The number of methoxy groups -OCH3 is 1. The maximum atomic E-state index is 6.21. The molecule has 1 heterocycles. The fourth-order valence-electron chi connectivity index (χ4n) is 3.25. The minimum atomic E-state index is -0.0529. The van der Waals surface area contributed by atoms with Crippen molar-refractivity contribution in [1.82, 2.24) is 5.32 Å². The van der Waals surface area contributed by atoms with Crippen molar-refractivity contribution in [2.45, 2.75) is 71.1 Å². The Kier molecular flexibility index (Phi) is 5.63. The summed E-state index contributed by atoms with van der Waals surface area (Å²) in [5.74, 6) is 0.550. The van der Waals surface area contributed by atoms with Crippen LogP contribution in [0.4, 0.5) is 0 Å². The molecule has 3 heteroatoms. The van der Waals surface area contributed by atoms with E-state index in [9.17, 15) is 0 Å². The van der Waals surface area contributed by atoms with Gasteiger partial charge in [-0.05, 0) is 53.5 Å². The average Bonchev–Trinajstić information content (AvgIpc) is 2.47. The van der Waals surface area contributed by atoms with Crippen LogP contribution in [0.15, 0.2) is 0 Å². The van der Waals surface area contributed by atoms with Crippen LogP contribution in [0.1, 0.15) is 53.9 Å². The lowest BCUT2D eigenvalue weighted by Gasteiger charge is -2.33. The Hall–Kier alpha value is -0.120. The van der Waals surface area contributed by atoms with Crippen molar-refractivity contribution in [2.75, 3.05) is 20.3 Å². The van der Waals surface area contributed by atoms with E-state index in [0.29, 0.717) is 12.0 Å². The largest absolute Gasteiger partial charge is 0.385 e. The van der Waals surface area contributed by atoms with Crippen LogP contribution in [0.25, 0.3) is 0 Å². The zero-order valence-electron chi connectivity index (χ0n) is 13.0. The first kappa shape index (κ1) is 15.9. The summed E-state index contributed by atoms with van der Waals surface area (Å²) in [7, 11) is 1.77. The molecule has 1 N–H and O–H groups in total. The Labute approximate surface area is 113 Å². The average molecular weight is 257 g/mol. The van der Waals surface area contributed by atoms with Crippen molar-refractivity contribution in [3.63, 3.8) is 0 Å². The summed E-state index contributed by atoms with van der Waals surface area (Å²) in [4.78, 5) is 0. The van der Waals surface area contributed by atoms with Crippen LogP contribution in [0.3, 0.4) is 0 Å². The molecule has 3 nitrogen and oxygen atoms in total. The van der Waals surface area contributed by atoms with Crippen LogP contribution >= 0.6 is 0 Å². The Morgan fingerprint density at radius 1 is 1.33 bits per heavy atom. The molecule has 0 radical (unpaired) electrons. The summed E-state index contributed by atoms with van der Waals surface area (Å²) >= 11 is 0. The molecule has 0 aromatic rings. The fourth-order valence-corrected chi connectivity index (χ4v) is 3.25. The van der Waals surface area contributed by atoms with E-state index < -0.39 is 0 Å². The Morgan fingerprint density at radius 2 is 2.00 bits per heavy atom. The smallest absolute Gasteiger partial charge is 0.0677 e. The van der Waals surface area contributed by atoms with Crippen LogP contribution in [0.5, 0.6) is 0 Å². The van der Waals surface area contributed by atoms with Crippen LogP contribution in [0.2, 0.25) is 0 Å². The van der Waals surface area contributed by atoms with Gasteiger partial charge in [0.15, 0.2) is 0 Å². The molecular weight excluding hydrogens is 226 g/mol. The number of nitrogens with one attached hydrogen (secondary N) is 1. The van der Waals surface area contributed by atoms with Gasteiger partial charge in [-0.2, -0.15) is 0 Å². The number of ether oxygens (including phenoxy) is 2. The van der Waals surface area contributed by atoms with Crippen molar-refractivity contribution >= 4 is 0 Å². The van der Waals surface area contributed by atoms with E-state index >= 15 is 0 Å². The summed E-state index contributed by atoms with van der Waals surface area (Å²) < 4.78 is 11.5. The van der Waals surface area contributed by atoms with Gasteiger partial charge >= 0.3 is 0 Å². The Morgan fingerprint density at radius 3 is 2.44 bits per heavy atom. The molecule has 1 saturated heterocycles. The molecule has 18 heavy (non-hydrogen) atoms. The molecule has 0 spiro atoms. The van der Waals surface area contributed by atoms with E-state index in [1.54, 1.807) is 7.11 Å². The molecule has 2 unspecified atom stereocenters. The maximum Gasteiger partial charge on any atom is 0.0677 e. The molecule has 1 aliphatic rings. The second-order valence-electron chi connectivity index (χ2n) is 6.62. The zero-order chi connectivity index (χ0) is 13.8. The number of hydrogen-bond donors (Lipinski definition) is 1. The number of rotatable bonds is 7. The van der Waals surface area contributed by atoms with Crippen LogP contribution in [-0.4, -0.2) is 37.5 Å². The highest BCUT2D eigenvalue weighted by molar-refractivity contribution is 4.99. The SMILES string of the molecule is CCCNC(CCOC)C1CC(C)(C)OC1(C)C. The van der Waals surface area contributed by atoms with Gasteiger partial charge in [0, 0.05) is 25.7 Å². The van der Waals surface area contributed by atoms with E-state index in [1.165, 1.54) is 6.42 Å². The summed E-state index contributed by atoms with van der Waals surface area (Å²) in [5, 5.41) is 3.68. The van der Waals surface area contributed by atoms with E-state index in [4.69, 9.17) is 9.47 Å². The van der Waals surface area contributed by atoms with Gasteiger partial charge in [0.2, 0.25) is 0 Å². The van der Waals surface area contributed by atoms with Gasteiger partial charge in [0.1, 0.15) is 0 Å². The van der Waals surface area contributed by atoms with Gasteiger partial charge in [-0.25, -0.2) is 0 Å². The molecule has 0 saturated carbocycles. The third-order valence-corrected chi connectivity index (χ3v) is 3.92. The summed E-state index contributed by atoms with van der Waals surface area (Å²) in [6, 6.07) is 0.488. The predicted molar refractivity (Wildman–Crippen MR) is 75.9 cm³/mol. The molecule has 0 aromatic heterocycles. The molecule has 108 valence electrons. The van der Waals surface area contributed by atoms with E-state index in [-0.39, 0.29) is 11.2 Å². The number of hydrogen-bond acceptors (Lipinski definition) is 3. The third kappa shape index (κ3) is 4.22. The molecular formula is C15H31NO2. The molecule has 0 aliphatic carbocycles. The Bertz CT molecular complexity index is 243. The van der Waals surface area contributed by atoms with Crippen molar-refractivity contribution < 1.29 is 9.47 Å². The van der Waals surface area contributed by atoms with Crippen LogP contribution < -0.4 is 5.32 Å². The zero-order valence-corrected chi connectivity index (χ0v) is 13.0. The normalized spacial score (nSPS) is 27.3. The van der Waals surface area contributed by atoms with Gasteiger partial charge < -0.3 is 14.8 Å². The first-order valence-electron chi connectivity index (χ1n) is 7.25. The van der Waals surface area contributed by atoms with Crippen LogP contribution in [-0.2, 0) is 9.47 Å². The van der Waals surface area contributed by atoms with E-state index in [1.807, 2.05) is 0 Å². The third-order valence-electron chi connectivity index (χ3n) is 3.92. The molecule has 1 rings (SSSR count). The molecule has 1 aliphatic heterocycles. The van der Waals surface area contributed by atoms with Crippen LogP contribution in [0, 0.1) is 5.92 Å². The van der Waals surface area contributed by atoms with E-state index in [0.717, 1.165) is 26.0 Å². The highest BCUT2D eigenvalue weighted by atomic mass is 16.5. The van der Waals surface area contributed by atoms with Gasteiger partial charge in [0.25, 0.3) is 0 Å². The second kappa shape index (κ2) is 6.36. The lowest BCUT2D eigenvalue weighted by atomic mass is 9.80. The van der Waals surface area contributed by atoms with Gasteiger partial charge in [-0.3, -0.25) is 0 Å². The monoisotopic (exact) mass is 257 g/mol. The fraction of sp³-hybridized carbons (Fsp3) is 1.00. The maximum absolute atomic E-state index is 6.21. The topological polar surface area (TPSA) is 30.5 Å². The lowest BCUT2D eigenvalue weighted by Crippen LogP contribution is -2.45. The minimum Gasteiger partial charge on any atom is -0.385 e. The predicted octanol–water partition coefficient (Wildman–Crippen LogP) is 2.98. The van der Waals surface area contributed by atoms with E-state index in [2.05, 4.69) is 39.9 Å². The standard InChI is InChI=1S/C15H31NO2/c1-7-9-16-13(8-10-17-6)12-11-14(2,3)18-15(12,4)5/h12-13,16H,7-11H2,1-6H3. The molecule has 0 aromatic carbocycles. The molecule has 0 bridgehead atoms. The van der Waals surface area contributed by atoms with Gasteiger partial charge in [-0.15, -0.1) is 0 Å². The quantitative estimate of drug-likeness (QED) is 0.760. The first-order chi connectivity index (χ1) is 8.32. The van der Waals surface area contributed by atoms with Crippen molar-refractivity contribution in [3.05, 3.63) is 0 Å². The first-order valence-corrected chi connectivity index (χ1v) is 7.25. The van der Waals surface area contributed by atoms with Crippen molar-refractivity contribution in [2.24, 2.45) is 5.92 Å². The molecule has 1 fully saturated rings. The van der Waals surface area contributed by atoms with Gasteiger partial charge in [0.05, 0.1) is 11.2 Å². The summed E-state index contributed by atoms with van der Waals surface area (Å²) in [5.41, 5.74) is -0.0595. The van der Waals surface area contributed by atoms with Crippen molar-refractivity contribution in [1.29, 1.82) is 0 Å². The molecule has 0 amide bonds. The minimum absolute atomic E-state index is 0.00656. The van der Waals surface area contributed by atoms with Gasteiger partial charge in [-0.1, -0.05) is 6.92 Å². The van der Waals surface area contributed by atoms with Crippen molar-refractivity contribution in [3.8, 4) is 0 Å². The summed E-state index contributed by atoms with van der Waals surface area (Å²) in [6.45, 7) is 12.9. The lowest BCUT2D eigenvalue weighted by molar-refractivity contribution is -0.0783. The second-order valence-corrected chi connectivity index (χ2v) is 6.62. The highest BCUT2D eigenvalue weighted by Gasteiger charge is 2.48. The highest BCUT2D eigenvalue weighted by Crippen LogP contribution is 2.44. The Balaban J connectivity index is 2.70. The summed E-state index contributed by atoms with van der Waals surface area (Å²) in [6.07, 6.45) is 3.34. The molecule has 2 atom stereocenters.